The van der Waals surface area contributed by atoms with Gasteiger partial charge in [-0.25, -0.2) is 0 Å². The summed E-state index contributed by atoms with van der Waals surface area (Å²) in [5.74, 6) is 0.783. The van der Waals surface area contributed by atoms with E-state index in [0.29, 0.717) is 43.6 Å². The van der Waals surface area contributed by atoms with E-state index in [4.69, 9.17) is 14.2 Å². The van der Waals surface area contributed by atoms with Gasteiger partial charge in [-0.3, -0.25) is 14.4 Å². The molecule has 63 heavy (non-hydrogen) atoms. The normalized spacial score (nSPS) is 14.7. The molecular weight excluding hydrogens is 823 g/mol. The van der Waals surface area contributed by atoms with E-state index in [2.05, 4.69) is 0 Å². The van der Waals surface area contributed by atoms with Gasteiger partial charge in [0.05, 0.1) is 30.6 Å². The number of halogens is 6. The topological polar surface area (TPSA) is 78.9 Å². The molecule has 0 radical (unpaired) electrons. The number of esters is 1. The summed E-state index contributed by atoms with van der Waals surface area (Å²) in [5.41, 5.74) is 7.52. The van der Waals surface area contributed by atoms with Gasteiger partial charge in [0.25, 0.3) is 0 Å². The highest BCUT2D eigenvalue weighted by Crippen LogP contribution is 2.36. The molecule has 0 fully saturated rings. The van der Waals surface area contributed by atoms with Crippen LogP contribution >= 0.6 is 0 Å². The average Bonchev–Trinajstić information content (AvgIpc) is 3.28. The highest BCUT2D eigenvalue weighted by molar-refractivity contribution is 5.91. The number of hydrogen-bond donors (Lipinski definition) is 0. The predicted octanol–water partition coefficient (Wildman–Crippen LogP) is 12.1. The van der Waals surface area contributed by atoms with Gasteiger partial charge in [-0.1, -0.05) is 72.8 Å². The van der Waals surface area contributed by atoms with Gasteiger partial charge in [0.2, 0.25) is 0 Å². The number of carbonyl (C=O) groups is 3. The summed E-state index contributed by atoms with van der Waals surface area (Å²) >= 11 is 0. The Morgan fingerprint density at radius 1 is 0.556 bits per heavy atom. The smallest absolute Gasteiger partial charge is 0.416 e. The monoisotopic (exact) mass is 864 g/mol. The Morgan fingerprint density at radius 2 is 1.06 bits per heavy atom. The molecule has 1 unspecified atom stereocenters. The van der Waals surface area contributed by atoms with Crippen molar-refractivity contribution in [3.05, 3.63) is 178 Å². The summed E-state index contributed by atoms with van der Waals surface area (Å²) in [7, 11) is 1.31. The molecule has 0 aliphatic heterocycles. The molecule has 6 aromatic carbocycles. The van der Waals surface area contributed by atoms with Crippen molar-refractivity contribution in [1.29, 1.82) is 0 Å². The van der Waals surface area contributed by atoms with Crippen LogP contribution in [0.1, 0.15) is 69.7 Å². The van der Waals surface area contributed by atoms with Crippen molar-refractivity contribution in [2.24, 2.45) is 0 Å². The molecule has 8 rings (SSSR count). The van der Waals surface area contributed by atoms with Gasteiger partial charge in [-0.15, -0.1) is 0 Å². The van der Waals surface area contributed by atoms with Crippen LogP contribution in [0.2, 0.25) is 0 Å². The first kappa shape index (κ1) is 44.4. The quantitative estimate of drug-likeness (QED) is 0.101. The summed E-state index contributed by atoms with van der Waals surface area (Å²) in [6.45, 7) is 0.629. The first-order valence-corrected chi connectivity index (χ1v) is 20.3. The van der Waals surface area contributed by atoms with Crippen LogP contribution < -0.4 is 9.47 Å². The third-order valence-corrected chi connectivity index (χ3v) is 11.1. The Bertz CT molecular complexity index is 2600. The summed E-state index contributed by atoms with van der Waals surface area (Å²) in [4.78, 5) is 35.6. The summed E-state index contributed by atoms with van der Waals surface area (Å²) < 4.78 is 93.2. The number of benzene rings is 6. The molecule has 1 atom stereocenters. The van der Waals surface area contributed by atoms with Crippen molar-refractivity contribution in [2.75, 3.05) is 7.11 Å². The number of alkyl halides is 6. The van der Waals surface area contributed by atoms with Gasteiger partial charge in [0, 0.05) is 19.3 Å². The number of Topliss-reactive ketones (excluding diaryl/α,β-unsaturated/α-hetero) is 2. The second kappa shape index (κ2) is 19.1. The molecule has 0 N–H and O–H groups in total. The molecule has 2 aliphatic carbocycles. The number of aryl methyl sites for hydroxylation is 2. The molecule has 12 heteroatoms. The van der Waals surface area contributed by atoms with E-state index in [1.807, 2.05) is 78.9 Å². The standard InChI is InChI=1S/C27H23F3O4.C24H19F3O2/c1-33-26(32)15-24-23-11-10-22(14-20(23)7-12-25(24)31)34-16-17-3-2-4-19(13-17)18-5-8-21(9-6-18)27(28,29)30;25-24(26,27)21-8-4-17(5-9-21)18-3-1-2-16(12-18)15-29-23-11-7-19-13-22(28)10-6-20(19)14-23/h2-6,8-11,13-14,24H,7,12,15-16H2,1H3;1-5,7-9,11-12,14H,6,10,13,15H2. The van der Waals surface area contributed by atoms with Crippen LogP contribution in [-0.4, -0.2) is 24.6 Å². The second-order valence-corrected chi connectivity index (χ2v) is 15.4. The van der Waals surface area contributed by atoms with E-state index in [1.165, 1.54) is 31.4 Å². The molecule has 0 saturated carbocycles. The molecule has 0 heterocycles. The fourth-order valence-corrected chi connectivity index (χ4v) is 7.70. The molecule has 0 aromatic heterocycles. The minimum absolute atomic E-state index is 0.0271. The largest absolute Gasteiger partial charge is 0.489 e. The Hall–Kier alpha value is -6.69. The minimum Gasteiger partial charge on any atom is -0.489 e. The van der Waals surface area contributed by atoms with Crippen LogP contribution in [0.4, 0.5) is 26.3 Å². The van der Waals surface area contributed by atoms with Crippen LogP contribution in [0.5, 0.6) is 11.5 Å². The van der Waals surface area contributed by atoms with Crippen molar-refractivity contribution in [1.82, 2.24) is 0 Å². The number of ether oxygens (including phenoxy) is 3. The third kappa shape index (κ3) is 11.4. The first-order valence-electron chi connectivity index (χ1n) is 20.3. The van der Waals surface area contributed by atoms with E-state index in [-0.39, 0.29) is 24.6 Å². The van der Waals surface area contributed by atoms with Crippen molar-refractivity contribution in [3.63, 3.8) is 0 Å². The zero-order valence-corrected chi connectivity index (χ0v) is 34.2. The van der Waals surface area contributed by atoms with Gasteiger partial charge in [0.15, 0.2) is 0 Å². The lowest BCUT2D eigenvalue weighted by Gasteiger charge is -2.24. The fraction of sp³-hybridized carbons (Fsp3) is 0.235. The Balaban J connectivity index is 0.000000191. The minimum atomic E-state index is -4.37. The predicted molar refractivity (Wildman–Crippen MR) is 225 cm³/mol. The molecule has 324 valence electrons. The molecule has 0 amide bonds. The number of carbonyl (C=O) groups excluding carboxylic acids is 3. The van der Waals surface area contributed by atoms with E-state index in [0.717, 1.165) is 86.5 Å². The van der Waals surface area contributed by atoms with Crippen molar-refractivity contribution < 1.29 is 54.9 Å². The summed E-state index contributed by atoms with van der Waals surface area (Å²) in [6, 6.07) is 36.5. The zero-order chi connectivity index (χ0) is 44.7. The van der Waals surface area contributed by atoms with Gasteiger partial charge in [0.1, 0.15) is 36.3 Å². The van der Waals surface area contributed by atoms with Crippen LogP contribution in [0.25, 0.3) is 22.3 Å². The van der Waals surface area contributed by atoms with Gasteiger partial charge < -0.3 is 14.2 Å². The van der Waals surface area contributed by atoms with E-state index in [9.17, 15) is 40.7 Å². The molecule has 0 spiro atoms. The van der Waals surface area contributed by atoms with Crippen LogP contribution in [0, 0.1) is 0 Å². The summed E-state index contributed by atoms with van der Waals surface area (Å²) in [5, 5.41) is 0. The fourth-order valence-electron chi connectivity index (χ4n) is 7.70. The van der Waals surface area contributed by atoms with E-state index >= 15 is 0 Å². The number of methoxy groups -OCH3 is 1. The lowest BCUT2D eigenvalue weighted by molar-refractivity contribution is -0.142. The maximum Gasteiger partial charge on any atom is 0.416 e. The molecular formula is C51H42F6O6. The van der Waals surface area contributed by atoms with E-state index in [1.54, 1.807) is 6.07 Å². The Kier molecular flexibility index (Phi) is 13.5. The lowest BCUT2D eigenvalue weighted by atomic mass is 9.80. The SMILES string of the molecule is COC(=O)CC1C(=O)CCc2cc(OCc3cccc(-c4ccc(C(F)(F)F)cc4)c3)ccc21.O=C1CCc2cc(OCc3cccc(-c4ccc(C(F)(F)F)cc4)c3)ccc2C1. The van der Waals surface area contributed by atoms with Gasteiger partial charge >= 0.3 is 18.3 Å². The maximum absolute atomic E-state index is 12.8. The van der Waals surface area contributed by atoms with Crippen molar-refractivity contribution >= 4 is 17.5 Å². The first-order chi connectivity index (χ1) is 30.1. The second-order valence-electron chi connectivity index (χ2n) is 15.4. The highest BCUT2D eigenvalue weighted by Gasteiger charge is 2.32. The average molecular weight is 865 g/mol. The number of ketones is 2. The number of fused-ring (bicyclic) bond motifs is 2. The molecule has 6 aromatic rings. The third-order valence-electron chi connectivity index (χ3n) is 11.1. The molecule has 0 bridgehead atoms. The van der Waals surface area contributed by atoms with Gasteiger partial charge in [-0.05, 0) is 129 Å². The van der Waals surface area contributed by atoms with Crippen LogP contribution in [-0.2, 0) is 63.9 Å². The van der Waals surface area contributed by atoms with Gasteiger partial charge in [-0.2, -0.15) is 26.3 Å². The van der Waals surface area contributed by atoms with E-state index < -0.39 is 35.4 Å². The van der Waals surface area contributed by atoms with Crippen molar-refractivity contribution in [2.45, 2.75) is 70.0 Å². The Labute approximate surface area is 360 Å². The van der Waals surface area contributed by atoms with Crippen LogP contribution in [0.3, 0.4) is 0 Å². The number of hydrogen-bond acceptors (Lipinski definition) is 6. The highest BCUT2D eigenvalue weighted by atomic mass is 19.4. The summed E-state index contributed by atoms with van der Waals surface area (Å²) in [6.07, 6.45) is -5.91. The molecule has 0 saturated heterocycles. The zero-order valence-electron chi connectivity index (χ0n) is 34.2. The Morgan fingerprint density at radius 3 is 1.59 bits per heavy atom. The molecule has 2 aliphatic rings. The van der Waals surface area contributed by atoms with Crippen LogP contribution in [0.15, 0.2) is 133 Å². The number of rotatable bonds is 10. The molecule has 6 nitrogen and oxygen atoms in total. The van der Waals surface area contributed by atoms with Crippen molar-refractivity contribution in [3.8, 4) is 33.8 Å². The lowest BCUT2D eigenvalue weighted by Crippen LogP contribution is -2.23. The maximum atomic E-state index is 12.8.